The number of hydrogen-bond acceptors (Lipinski definition) is 3. The number of allylic oxidation sites excluding steroid dienone is 1. The lowest BCUT2D eigenvalue weighted by atomic mass is 10.00. The van der Waals surface area contributed by atoms with Gasteiger partial charge in [-0.25, -0.2) is 4.98 Å². The fourth-order valence-electron chi connectivity index (χ4n) is 3.21. The summed E-state index contributed by atoms with van der Waals surface area (Å²) in [5, 5.41) is 3.67. The van der Waals surface area contributed by atoms with Crippen LogP contribution in [0.2, 0.25) is 0 Å². The molecule has 1 aliphatic rings. The molecule has 0 fully saturated rings. The van der Waals surface area contributed by atoms with Crippen LogP contribution >= 0.6 is 0 Å². The molecule has 1 amide bonds. The monoisotopic (exact) mass is 304 g/mol. The number of carbonyl (C=O) groups excluding carboxylic acids is 1. The zero-order chi connectivity index (χ0) is 15.8. The van der Waals surface area contributed by atoms with Crippen LogP contribution in [0.15, 0.2) is 47.1 Å². The Hall–Kier alpha value is -2.88. The molecule has 0 atom stereocenters. The van der Waals surface area contributed by atoms with E-state index in [1.807, 2.05) is 42.5 Å². The number of furan rings is 1. The van der Waals surface area contributed by atoms with Crippen molar-refractivity contribution in [3.63, 3.8) is 0 Å². The summed E-state index contributed by atoms with van der Waals surface area (Å²) in [7, 11) is 1.67. The van der Waals surface area contributed by atoms with E-state index in [4.69, 9.17) is 9.40 Å². The maximum atomic E-state index is 12.4. The lowest BCUT2D eigenvalue weighted by Crippen LogP contribution is -2.20. The lowest BCUT2D eigenvalue weighted by molar-refractivity contribution is 0.0964. The van der Waals surface area contributed by atoms with Crippen LogP contribution in [0.3, 0.4) is 0 Å². The Kier molecular flexibility index (Phi) is 3.23. The SMILES string of the molecule is CNC(=O)c1c2c(nc3ccccc13)/C(=C\c1ccco1)CC2. The van der Waals surface area contributed by atoms with Crippen molar-refractivity contribution in [3.05, 3.63) is 65.2 Å². The highest BCUT2D eigenvalue weighted by Gasteiger charge is 2.26. The summed E-state index contributed by atoms with van der Waals surface area (Å²) in [5.74, 6) is 0.753. The predicted molar refractivity (Wildman–Crippen MR) is 90.0 cm³/mol. The standard InChI is InChI=1S/C19H16N2O2/c1-20-19(22)17-14-6-2-3-7-16(14)21-18-12(8-9-15(17)18)11-13-5-4-10-23-13/h2-7,10-11H,8-9H2,1H3,(H,20,22)/b12-11-. The van der Waals surface area contributed by atoms with Crippen molar-refractivity contribution in [3.8, 4) is 0 Å². The fourth-order valence-corrected chi connectivity index (χ4v) is 3.21. The van der Waals surface area contributed by atoms with Gasteiger partial charge in [0, 0.05) is 12.4 Å². The molecular formula is C19H16N2O2. The third-order valence-corrected chi connectivity index (χ3v) is 4.26. The molecule has 0 spiro atoms. The largest absolute Gasteiger partial charge is 0.465 e. The van der Waals surface area contributed by atoms with E-state index in [1.54, 1.807) is 13.3 Å². The number of hydrogen-bond donors (Lipinski definition) is 1. The Bertz CT molecular complexity index is 924. The van der Waals surface area contributed by atoms with Gasteiger partial charge in [-0.2, -0.15) is 0 Å². The number of para-hydroxylation sites is 1. The molecule has 0 saturated carbocycles. The first-order valence-electron chi connectivity index (χ1n) is 7.66. The maximum Gasteiger partial charge on any atom is 0.252 e. The third kappa shape index (κ3) is 2.23. The van der Waals surface area contributed by atoms with Crippen molar-refractivity contribution in [1.82, 2.24) is 10.3 Å². The molecule has 0 radical (unpaired) electrons. The minimum Gasteiger partial charge on any atom is -0.465 e. The zero-order valence-corrected chi connectivity index (χ0v) is 12.8. The van der Waals surface area contributed by atoms with Crippen LogP contribution in [0.25, 0.3) is 22.6 Å². The number of rotatable bonds is 2. The molecule has 1 N–H and O–H groups in total. The number of aromatic nitrogens is 1. The number of carbonyl (C=O) groups is 1. The zero-order valence-electron chi connectivity index (χ0n) is 12.8. The Balaban J connectivity index is 1.97. The molecule has 0 bridgehead atoms. The number of benzene rings is 1. The molecule has 4 rings (SSSR count). The van der Waals surface area contributed by atoms with E-state index in [-0.39, 0.29) is 5.91 Å². The van der Waals surface area contributed by atoms with Gasteiger partial charge < -0.3 is 9.73 Å². The van der Waals surface area contributed by atoms with E-state index in [0.717, 1.165) is 51.9 Å². The third-order valence-electron chi connectivity index (χ3n) is 4.26. The summed E-state index contributed by atoms with van der Waals surface area (Å²) in [6.07, 6.45) is 5.36. The van der Waals surface area contributed by atoms with E-state index in [2.05, 4.69) is 5.32 Å². The number of pyridine rings is 1. The van der Waals surface area contributed by atoms with Gasteiger partial charge in [-0.3, -0.25) is 4.79 Å². The predicted octanol–water partition coefficient (Wildman–Crippen LogP) is 3.67. The number of nitrogens with one attached hydrogen (secondary N) is 1. The summed E-state index contributed by atoms with van der Waals surface area (Å²) in [5.41, 5.74) is 4.65. The van der Waals surface area contributed by atoms with Crippen molar-refractivity contribution in [2.75, 3.05) is 7.05 Å². The van der Waals surface area contributed by atoms with Gasteiger partial charge in [0.2, 0.25) is 0 Å². The van der Waals surface area contributed by atoms with E-state index >= 15 is 0 Å². The Labute approximate surface area is 133 Å². The van der Waals surface area contributed by atoms with E-state index in [9.17, 15) is 4.79 Å². The average molecular weight is 304 g/mol. The Morgan fingerprint density at radius 2 is 2.09 bits per heavy atom. The molecule has 2 aromatic heterocycles. The summed E-state index contributed by atoms with van der Waals surface area (Å²) in [6.45, 7) is 0. The summed E-state index contributed by atoms with van der Waals surface area (Å²) in [6, 6.07) is 11.6. The second kappa shape index (κ2) is 5.39. The van der Waals surface area contributed by atoms with Crippen molar-refractivity contribution < 1.29 is 9.21 Å². The number of fused-ring (bicyclic) bond motifs is 2. The van der Waals surface area contributed by atoms with Gasteiger partial charge in [0.25, 0.3) is 5.91 Å². The molecule has 2 heterocycles. The highest BCUT2D eigenvalue weighted by molar-refractivity contribution is 6.09. The second-order valence-electron chi connectivity index (χ2n) is 5.60. The van der Waals surface area contributed by atoms with Gasteiger partial charge in [-0.05, 0) is 48.3 Å². The van der Waals surface area contributed by atoms with Crippen LogP contribution in [0.5, 0.6) is 0 Å². The van der Waals surface area contributed by atoms with Crippen LogP contribution < -0.4 is 5.32 Å². The minimum atomic E-state index is -0.0564. The molecular weight excluding hydrogens is 288 g/mol. The first-order chi connectivity index (χ1) is 11.3. The van der Waals surface area contributed by atoms with E-state index < -0.39 is 0 Å². The summed E-state index contributed by atoms with van der Waals surface area (Å²) in [4.78, 5) is 17.2. The topological polar surface area (TPSA) is 55.1 Å². The van der Waals surface area contributed by atoms with Crippen molar-refractivity contribution in [1.29, 1.82) is 0 Å². The molecule has 0 unspecified atom stereocenters. The number of nitrogens with zero attached hydrogens (tertiary/aromatic N) is 1. The average Bonchev–Trinajstić information content (AvgIpc) is 3.23. The first-order valence-corrected chi connectivity index (χ1v) is 7.66. The number of amides is 1. The maximum absolute atomic E-state index is 12.4. The molecule has 1 aromatic carbocycles. The van der Waals surface area contributed by atoms with Gasteiger partial charge >= 0.3 is 0 Å². The van der Waals surface area contributed by atoms with Crippen LogP contribution in [-0.2, 0) is 6.42 Å². The molecule has 0 aliphatic heterocycles. The van der Waals surface area contributed by atoms with Crippen LogP contribution in [0, 0.1) is 0 Å². The summed E-state index contributed by atoms with van der Waals surface area (Å²) < 4.78 is 5.41. The van der Waals surface area contributed by atoms with E-state index in [0.29, 0.717) is 0 Å². The first kappa shape index (κ1) is 13.8. The van der Waals surface area contributed by atoms with Crippen LogP contribution in [0.4, 0.5) is 0 Å². The van der Waals surface area contributed by atoms with Gasteiger partial charge in [-0.15, -0.1) is 0 Å². The van der Waals surface area contributed by atoms with Crippen molar-refractivity contribution >= 4 is 28.5 Å². The normalized spacial score (nSPS) is 15.1. The smallest absolute Gasteiger partial charge is 0.252 e. The van der Waals surface area contributed by atoms with Crippen LogP contribution in [0.1, 0.15) is 33.8 Å². The Morgan fingerprint density at radius 1 is 1.22 bits per heavy atom. The quantitative estimate of drug-likeness (QED) is 0.786. The molecule has 3 aromatic rings. The van der Waals surface area contributed by atoms with Crippen molar-refractivity contribution in [2.45, 2.75) is 12.8 Å². The molecule has 0 saturated heterocycles. The van der Waals surface area contributed by atoms with Crippen LogP contribution in [-0.4, -0.2) is 17.9 Å². The molecule has 1 aliphatic carbocycles. The summed E-state index contributed by atoms with van der Waals surface area (Å²) >= 11 is 0. The molecule has 114 valence electrons. The van der Waals surface area contributed by atoms with Gasteiger partial charge in [-0.1, -0.05) is 18.2 Å². The minimum absolute atomic E-state index is 0.0564. The van der Waals surface area contributed by atoms with Gasteiger partial charge in [0.15, 0.2) is 0 Å². The molecule has 4 heteroatoms. The highest BCUT2D eigenvalue weighted by atomic mass is 16.3. The van der Waals surface area contributed by atoms with Crippen molar-refractivity contribution in [2.24, 2.45) is 0 Å². The lowest BCUT2D eigenvalue weighted by Gasteiger charge is -2.11. The molecule has 4 nitrogen and oxygen atoms in total. The second-order valence-corrected chi connectivity index (χ2v) is 5.60. The van der Waals surface area contributed by atoms with Gasteiger partial charge in [0.1, 0.15) is 5.76 Å². The molecule has 23 heavy (non-hydrogen) atoms. The van der Waals surface area contributed by atoms with Gasteiger partial charge in [0.05, 0.1) is 23.0 Å². The fraction of sp³-hybridized carbons (Fsp3) is 0.158. The van der Waals surface area contributed by atoms with E-state index in [1.165, 1.54) is 0 Å². The Morgan fingerprint density at radius 3 is 2.87 bits per heavy atom. The highest BCUT2D eigenvalue weighted by Crippen LogP contribution is 2.37.